The van der Waals surface area contributed by atoms with Gasteiger partial charge in [-0.1, -0.05) is 18.5 Å². The average Bonchev–Trinajstić information content (AvgIpc) is 2.90. The van der Waals surface area contributed by atoms with Crippen LogP contribution in [0.5, 0.6) is 0 Å². The summed E-state index contributed by atoms with van der Waals surface area (Å²) in [4.78, 5) is 8.59. The zero-order valence-corrected chi connectivity index (χ0v) is 10.6. The van der Waals surface area contributed by atoms with E-state index in [0.717, 1.165) is 30.9 Å². The molecule has 1 aromatic rings. The largest absolute Gasteiger partial charge is 0.373 e. The van der Waals surface area contributed by atoms with Crippen LogP contribution in [0, 0.1) is 0 Å². The highest BCUT2D eigenvalue weighted by atomic mass is 35.5. The fourth-order valence-corrected chi connectivity index (χ4v) is 2.88. The van der Waals surface area contributed by atoms with E-state index in [2.05, 4.69) is 15.3 Å². The van der Waals surface area contributed by atoms with Crippen LogP contribution in [0.4, 0.5) is 5.82 Å². The van der Waals surface area contributed by atoms with Crippen LogP contribution in [0.1, 0.15) is 32.0 Å². The SMILES string of the molecule is CCc1nc(Cl)cc(NC2CC3CCC2O3)n1. The van der Waals surface area contributed by atoms with E-state index in [1.165, 1.54) is 6.42 Å². The van der Waals surface area contributed by atoms with E-state index in [1.54, 1.807) is 6.07 Å². The molecule has 0 spiro atoms. The zero-order chi connectivity index (χ0) is 11.8. The second kappa shape index (κ2) is 4.42. The molecule has 2 aliphatic heterocycles. The summed E-state index contributed by atoms with van der Waals surface area (Å²) in [6.07, 6.45) is 5.02. The first-order chi connectivity index (χ1) is 8.24. The minimum absolute atomic E-state index is 0.346. The summed E-state index contributed by atoms with van der Waals surface area (Å²) in [5, 5.41) is 3.93. The molecule has 1 N–H and O–H groups in total. The normalized spacial score (nSPS) is 30.8. The van der Waals surface area contributed by atoms with Gasteiger partial charge >= 0.3 is 0 Å². The van der Waals surface area contributed by atoms with Crippen molar-refractivity contribution >= 4 is 17.4 Å². The first-order valence-electron chi connectivity index (χ1n) is 6.20. The highest BCUT2D eigenvalue weighted by Gasteiger charge is 2.40. The van der Waals surface area contributed by atoms with Gasteiger partial charge < -0.3 is 10.1 Å². The van der Waals surface area contributed by atoms with Gasteiger partial charge in [-0.25, -0.2) is 9.97 Å². The van der Waals surface area contributed by atoms with Crippen molar-refractivity contribution in [2.24, 2.45) is 0 Å². The van der Waals surface area contributed by atoms with Crippen molar-refractivity contribution in [3.63, 3.8) is 0 Å². The monoisotopic (exact) mass is 253 g/mol. The second-order valence-corrected chi connectivity index (χ2v) is 5.09. The Morgan fingerprint density at radius 1 is 1.47 bits per heavy atom. The van der Waals surface area contributed by atoms with E-state index in [1.807, 2.05) is 6.92 Å². The Kier molecular flexibility index (Phi) is 2.92. The maximum atomic E-state index is 5.97. The lowest BCUT2D eigenvalue weighted by Crippen LogP contribution is -2.30. The molecule has 92 valence electrons. The molecule has 0 radical (unpaired) electrons. The first kappa shape index (κ1) is 11.2. The molecule has 0 amide bonds. The number of fused-ring (bicyclic) bond motifs is 2. The summed E-state index contributed by atoms with van der Waals surface area (Å²) in [6, 6.07) is 2.16. The third-order valence-corrected chi connectivity index (χ3v) is 3.69. The molecule has 1 aromatic heterocycles. The number of anilines is 1. The van der Waals surface area contributed by atoms with Gasteiger partial charge in [-0.05, 0) is 19.3 Å². The summed E-state index contributed by atoms with van der Waals surface area (Å²) in [5.41, 5.74) is 0. The first-order valence-corrected chi connectivity index (χ1v) is 6.58. The Balaban J connectivity index is 1.74. The van der Waals surface area contributed by atoms with Crippen molar-refractivity contribution < 1.29 is 4.74 Å². The maximum absolute atomic E-state index is 5.97. The van der Waals surface area contributed by atoms with Crippen LogP contribution in [0.25, 0.3) is 0 Å². The molecule has 2 aliphatic rings. The van der Waals surface area contributed by atoms with E-state index >= 15 is 0 Å². The highest BCUT2D eigenvalue weighted by Crippen LogP contribution is 2.35. The molecule has 0 saturated carbocycles. The van der Waals surface area contributed by atoms with Crippen molar-refractivity contribution in [1.29, 1.82) is 0 Å². The van der Waals surface area contributed by atoms with Crippen LogP contribution in [-0.4, -0.2) is 28.2 Å². The van der Waals surface area contributed by atoms with Gasteiger partial charge in [0, 0.05) is 12.5 Å². The van der Waals surface area contributed by atoms with E-state index in [-0.39, 0.29) is 0 Å². The number of halogens is 1. The van der Waals surface area contributed by atoms with Crippen LogP contribution < -0.4 is 5.32 Å². The van der Waals surface area contributed by atoms with Crippen molar-refractivity contribution in [1.82, 2.24) is 9.97 Å². The third-order valence-electron chi connectivity index (χ3n) is 3.50. The molecular formula is C12H16ClN3O. The fraction of sp³-hybridized carbons (Fsp3) is 0.667. The molecule has 2 fully saturated rings. The second-order valence-electron chi connectivity index (χ2n) is 4.71. The van der Waals surface area contributed by atoms with Crippen LogP contribution in [0.3, 0.4) is 0 Å². The number of ether oxygens (including phenoxy) is 1. The van der Waals surface area contributed by atoms with E-state index < -0.39 is 0 Å². The van der Waals surface area contributed by atoms with Crippen molar-refractivity contribution in [2.45, 2.75) is 50.9 Å². The van der Waals surface area contributed by atoms with Gasteiger partial charge in [-0.15, -0.1) is 0 Å². The van der Waals surface area contributed by atoms with Gasteiger partial charge in [0.15, 0.2) is 0 Å². The van der Waals surface area contributed by atoms with Gasteiger partial charge in [0.05, 0.1) is 18.2 Å². The molecule has 3 heterocycles. The minimum Gasteiger partial charge on any atom is -0.373 e. The van der Waals surface area contributed by atoms with Gasteiger partial charge in [0.25, 0.3) is 0 Å². The Morgan fingerprint density at radius 3 is 3.00 bits per heavy atom. The summed E-state index contributed by atoms with van der Waals surface area (Å²) >= 11 is 5.97. The molecule has 4 nitrogen and oxygen atoms in total. The zero-order valence-electron chi connectivity index (χ0n) is 9.82. The van der Waals surface area contributed by atoms with E-state index in [9.17, 15) is 0 Å². The Morgan fingerprint density at radius 2 is 2.35 bits per heavy atom. The summed E-state index contributed by atoms with van der Waals surface area (Å²) < 4.78 is 5.80. The van der Waals surface area contributed by atoms with Crippen LogP contribution in [0.15, 0.2) is 6.07 Å². The molecule has 3 atom stereocenters. The Hall–Kier alpha value is -0.870. The minimum atomic E-state index is 0.346. The smallest absolute Gasteiger partial charge is 0.134 e. The average molecular weight is 254 g/mol. The number of hydrogen-bond acceptors (Lipinski definition) is 4. The molecule has 0 aliphatic carbocycles. The molecular weight excluding hydrogens is 238 g/mol. The molecule has 0 aromatic carbocycles. The lowest BCUT2D eigenvalue weighted by molar-refractivity contribution is 0.102. The van der Waals surface area contributed by atoms with Gasteiger partial charge in [-0.3, -0.25) is 0 Å². The van der Waals surface area contributed by atoms with Gasteiger partial charge in [-0.2, -0.15) is 0 Å². The summed E-state index contributed by atoms with van der Waals surface area (Å²) in [7, 11) is 0. The Labute approximate surface area is 106 Å². The molecule has 2 bridgehead atoms. The molecule has 2 saturated heterocycles. The highest BCUT2D eigenvalue weighted by molar-refractivity contribution is 6.29. The van der Waals surface area contributed by atoms with Crippen LogP contribution >= 0.6 is 11.6 Å². The van der Waals surface area contributed by atoms with Gasteiger partial charge in [0.2, 0.25) is 0 Å². The number of hydrogen-bond donors (Lipinski definition) is 1. The third kappa shape index (κ3) is 2.24. The van der Waals surface area contributed by atoms with E-state index in [4.69, 9.17) is 16.3 Å². The lowest BCUT2D eigenvalue weighted by atomic mass is 9.95. The fourth-order valence-electron chi connectivity index (χ4n) is 2.68. The number of nitrogens with zero attached hydrogens (tertiary/aromatic N) is 2. The van der Waals surface area contributed by atoms with Crippen molar-refractivity contribution in [2.75, 3.05) is 5.32 Å². The quantitative estimate of drug-likeness (QED) is 0.841. The molecule has 17 heavy (non-hydrogen) atoms. The number of rotatable bonds is 3. The number of nitrogens with one attached hydrogen (secondary N) is 1. The van der Waals surface area contributed by atoms with Crippen LogP contribution in [0.2, 0.25) is 5.15 Å². The van der Waals surface area contributed by atoms with Crippen molar-refractivity contribution in [3.8, 4) is 0 Å². The topological polar surface area (TPSA) is 47.0 Å². The van der Waals surface area contributed by atoms with Gasteiger partial charge in [0.1, 0.15) is 16.8 Å². The molecule has 5 heteroatoms. The predicted octanol–water partition coefficient (Wildman–Crippen LogP) is 2.42. The standard InChI is InChI=1S/C12H16ClN3O/c1-2-11-15-10(13)6-12(16-11)14-8-5-7-3-4-9(8)17-7/h6-9H,2-5H2,1H3,(H,14,15,16). The number of aryl methyl sites for hydroxylation is 1. The molecule has 3 rings (SSSR count). The molecule has 3 unspecified atom stereocenters. The Bertz CT molecular complexity index is 426. The summed E-state index contributed by atoms with van der Waals surface area (Å²) in [6.45, 7) is 2.02. The predicted molar refractivity (Wildman–Crippen MR) is 66.3 cm³/mol. The maximum Gasteiger partial charge on any atom is 0.134 e. The lowest BCUT2D eigenvalue weighted by Gasteiger charge is -2.20. The van der Waals surface area contributed by atoms with E-state index in [0.29, 0.717) is 23.4 Å². The summed E-state index contributed by atoms with van der Waals surface area (Å²) in [5.74, 6) is 1.60. The van der Waals surface area contributed by atoms with Crippen molar-refractivity contribution in [3.05, 3.63) is 17.0 Å². The van der Waals surface area contributed by atoms with Crippen LogP contribution in [-0.2, 0) is 11.2 Å². The number of aromatic nitrogens is 2.